The predicted octanol–water partition coefficient (Wildman–Crippen LogP) is 2.03. The molecule has 1 amide bonds. The molecule has 2 unspecified atom stereocenters. The molecular formula is C12H15ClN2O2. The van der Waals surface area contributed by atoms with E-state index < -0.39 is 0 Å². The molecule has 17 heavy (non-hydrogen) atoms. The summed E-state index contributed by atoms with van der Waals surface area (Å²) in [7, 11) is 1.68. The number of ether oxygens (including phenoxy) is 1. The fraction of sp³-hybridized carbons (Fsp3) is 0.500. The van der Waals surface area contributed by atoms with Gasteiger partial charge in [-0.05, 0) is 25.3 Å². The van der Waals surface area contributed by atoms with Crippen LogP contribution in [-0.2, 0) is 4.74 Å². The number of aromatic nitrogens is 1. The topological polar surface area (TPSA) is 51.2 Å². The first-order valence-corrected chi connectivity index (χ1v) is 6.03. The third-order valence-electron chi connectivity index (χ3n) is 3.09. The molecule has 1 fully saturated rings. The molecule has 0 aliphatic heterocycles. The minimum absolute atomic E-state index is 0.0803. The van der Waals surface area contributed by atoms with Gasteiger partial charge < -0.3 is 10.1 Å². The Morgan fingerprint density at radius 2 is 2.41 bits per heavy atom. The van der Waals surface area contributed by atoms with Gasteiger partial charge in [0.25, 0.3) is 5.91 Å². The Morgan fingerprint density at radius 3 is 3.12 bits per heavy atom. The fourth-order valence-corrected chi connectivity index (χ4v) is 2.38. The van der Waals surface area contributed by atoms with Gasteiger partial charge in [-0.3, -0.25) is 9.78 Å². The molecule has 1 aromatic heterocycles. The van der Waals surface area contributed by atoms with Gasteiger partial charge in [0.2, 0.25) is 0 Å². The zero-order valence-corrected chi connectivity index (χ0v) is 10.4. The summed E-state index contributed by atoms with van der Waals surface area (Å²) in [6.07, 6.45) is 6.16. The molecule has 1 aliphatic rings. The van der Waals surface area contributed by atoms with E-state index in [2.05, 4.69) is 10.3 Å². The monoisotopic (exact) mass is 254 g/mol. The van der Waals surface area contributed by atoms with E-state index in [9.17, 15) is 4.79 Å². The molecule has 0 spiro atoms. The highest BCUT2D eigenvalue weighted by Gasteiger charge is 2.28. The second-order valence-electron chi connectivity index (χ2n) is 4.14. The van der Waals surface area contributed by atoms with Gasteiger partial charge in [-0.15, -0.1) is 0 Å². The van der Waals surface area contributed by atoms with Gasteiger partial charge in [-0.2, -0.15) is 0 Å². The lowest BCUT2D eigenvalue weighted by molar-refractivity contribution is 0.0722. The average Bonchev–Trinajstić information content (AvgIpc) is 2.76. The van der Waals surface area contributed by atoms with E-state index in [1.807, 2.05) is 0 Å². The van der Waals surface area contributed by atoms with Gasteiger partial charge in [0.05, 0.1) is 22.7 Å². The van der Waals surface area contributed by atoms with Crippen molar-refractivity contribution in [2.45, 2.75) is 31.4 Å². The molecule has 1 aliphatic carbocycles. The molecule has 92 valence electrons. The lowest BCUT2D eigenvalue weighted by atomic mass is 10.2. The summed E-state index contributed by atoms with van der Waals surface area (Å²) < 4.78 is 5.33. The smallest absolute Gasteiger partial charge is 0.253 e. The van der Waals surface area contributed by atoms with Crippen LogP contribution in [0.3, 0.4) is 0 Å². The van der Waals surface area contributed by atoms with E-state index in [0.717, 1.165) is 19.3 Å². The van der Waals surface area contributed by atoms with Gasteiger partial charge in [-0.1, -0.05) is 11.6 Å². The van der Waals surface area contributed by atoms with Gasteiger partial charge >= 0.3 is 0 Å². The van der Waals surface area contributed by atoms with E-state index in [1.54, 1.807) is 19.4 Å². The van der Waals surface area contributed by atoms with Crippen LogP contribution < -0.4 is 5.32 Å². The molecule has 1 aromatic rings. The zero-order chi connectivity index (χ0) is 12.3. The first-order chi connectivity index (χ1) is 8.22. The van der Waals surface area contributed by atoms with Crippen LogP contribution in [0.2, 0.25) is 5.02 Å². The molecule has 0 bridgehead atoms. The second-order valence-corrected chi connectivity index (χ2v) is 4.55. The van der Waals surface area contributed by atoms with Crippen molar-refractivity contribution in [1.29, 1.82) is 0 Å². The maximum atomic E-state index is 12.0. The van der Waals surface area contributed by atoms with Crippen molar-refractivity contribution in [3.05, 3.63) is 29.0 Å². The Balaban J connectivity index is 2.04. The summed E-state index contributed by atoms with van der Waals surface area (Å²) in [4.78, 5) is 15.9. The Hall–Kier alpha value is -1.13. The van der Waals surface area contributed by atoms with Gasteiger partial charge in [0.1, 0.15) is 0 Å². The number of carbonyl (C=O) groups is 1. The van der Waals surface area contributed by atoms with Crippen molar-refractivity contribution in [2.75, 3.05) is 7.11 Å². The first-order valence-electron chi connectivity index (χ1n) is 5.65. The number of methoxy groups -OCH3 is 1. The van der Waals surface area contributed by atoms with Crippen molar-refractivity contribution < 1.29 is 9.53 Å². The Labute approximate surface area is 105 Å². The van der Waals surface area contributed by atoms with E-state index in [-0.39, 0.29) is 18.1 Å². The van der Waals surface area contributed by atoms with Crippen LogP contribution in [0.15, 0.2) is 18.5 Å². The van der Waals surface area contributed by atoms with E-state index in [1.165, 1.54) is 6.20 Å². The third-order valence-corrected chi connectivity index (χ3v) is 3.39. The lowest BCUT2D eigenvalue weighted by Crippen LogP contribution is -2.40. The molecule has 0 aromatic carbocycles. The number of halogens is 1. The highest BCUT2D eigenvalue weighted by molar-refractivity contribution is 6.33. The van der Waals surface area contributed by atoms with Crippen LogP contribution in [0, 0.1) is 0 Å². The number of rotatable bonds is 3. The molecule has 1 heterocycles. The molecule has 4 nitrogen and oxygen atoms in total. The number of nitrogens with one attached hydrogen (secondary N) is 1. The SMILES string of the molecule is COC1CCCC1NC(=O)c1ccncc1Cl. The van der Waals surface area contributed by atoms with E-state index >= 15 is 0 Å². The van der Waals surface area contributed by atoms with Crippen LogP contribution in [-0.4, -0.2) is 30.1 Å². The molecular weight excluding hydrogens is 240 g/mol. The summed E-state index contributed by atoms with van der Waals surface area (Å²) in [6.45, 7) is 0. The van der Waals surface area contributed by atoms with Gasteiger partial charge in [0, 0.05) is 19.5 Å². The normalized spacial score (nSPS) is 23.6. The van der Waals surface area contributed by atoms with Gasteiger partial charge in [-0.25, -0.2) is 0 Å². The van der Waals surface area contributed by atoms with Crippen LogP contribution in [0.5, 0.6) is 0 Å². The van der Waals surface area contributed by atoms with Crippen LogP contribution >= 0.6 is 11.6 Å². The number of amides is 1. The lowest BCUT2D eigenvalue weighted by Gasteiger charge is -2.19. The van der Waals surface area contributed by atoms with Crippen LogP contribution in [0.1, 0.15) is 29.6 Å². The Kier molecular flexibility index (Phi) is 3.97. The molecule has 2 atom stereocenters. The fourth-order valence-electron chi connectivity index (χ4n) is 2.18. The van der Waals surface area contributed by atoms with Crippen molar-refractivity contribution in [2.24, 2.45) is 0 Å². The quantitative estimate of drug-likeness (QED) is 0.898. The Morgan fingerprint density at radius 1 is 1.59 bits per heavy atom. The highest BCUT2D eigenvalue weighted by atomic mass is 35.5. The maximum absolute atomic E-state index is 12.0. The van der Waals surface area contributed by atoms with Crippen molar-refractivity contribution in [1.82, 2.24) is 10.3 Å². The number of nitrogens with zero attached hydrogens (tertiary/aromatic N) is 1. The molecule has 5 heteroatoms. The standard InChI is InChI=1S/C12H15ClN2O2/c1-17-11-4-2-3-10(11)15-12(16)8-5-6-14-7-9(8)13/h5-7,10-11H,2-4H2,1H3,(H,15,16). The predicted molar refractivity (Wildman–Crippen MR) is 65.1 cm³/mol. The first kappa shape index (κ1) is 12.3. The third kappa shape index (κ3) is 2.76. The minimum Gasteiger partial charge on any atom is -0.379 e. The van der Waals surface area contributed by atoms with Crippen LogP contribution in [0.25, 0.3) is 0 Å². The zero-order valence-electron chi connectivity index (χ0n) is 9.65. The Bertz CT molecular complexity index is 411. The van der Waals surface area contributed by atoms with Gasteiger partial charge in [0.15, 0.2) is 0 Å². The van der Waals surface area contributed by atoms with E-state index in [4.69, 9.17) is 16.3 Å². The largest absolute Gasteiger partial charge is 0.379 e. The highest BCUT2D eigenvalue weighted by Crippen LogP contribution is 2.22. The molecule has 0 saturated heterocycles. The average molecular weight is 255 g/mol. The van der Waals surface area contributed by atoms with E-state index in [0.29, 0.717) is 10.6 Å². The van der Waals surface area contributed by atoms with Crippen molar-refractivity contribution in [3.63, 3.8) is 0 Å². The second kappa shape index (κ2) is 5.47. The summed E-state index contributed by atoms with van der Waals surface area (Å²) in [5.74, 6) is -0.161. The summed E-state index contributed by atoms with van der Waals surface area (Å²) in [6, 6.07) is 1.70. The number of pyridine rings is 1. The summed E-state index contributed by atoms with van der Waals surface area (Å²) in [5.41, 5.74) is 0.461. The maximum Gasteiger partial charge on any atom is 0.253 e. The minimum atomic E-state index is -0.161. The number of hydrogen-bond donors (Lipinski definition) is 1. The molecule has 2 rings (SSSR count). The molecule has 1 N–H and O–H groups in total. The summed E-state index contributed by atoms with van der Waals surface area (Å²) in [5, 5.41) is 3.33. The summed E-state index contributed by atoms with van der Waals surface area (Å²) >= 11 is 5.92. The van der Waals surface area contributed by atoms with Crippen molar-refractivity contribution >= 4 is 17.5 Å². The number of hydrogen-bond acceptors (Lipinski definition) is 3. The number of carbonyl (C=O) groups excluding carboxylic acids is 1. The van der Waals surface area contributed by atoms with Crippen molar-refractivity contribution in [3.8, 4) is 0 Å². The molecule has 1 saturated carbocycles. The molecule has 0 radical (unpaired) electrons. The van der Waals surface area contributed by atoms with Crippen LogP contribution in [0.4, 0.5) is 0 Å².